The standard InChI is InChI=1S/C34H32ClFN8O/c1-5-28(45)43-12-10-21(13-22(43)15-37-2)44-19-39-32-33(44)25-14-27(35)29(24-8-6-7-20-9-11-38-16-26(20)24)30(36)31(25)40-34(32)42-17-23(18-42)41(3)4/h5-9,11,14,16,19,21-23H,1,10,12-13,15,17-18H2,3-4H3/t21-,22-/m0/s1. The molecule has 5 heterocycles. The number of carbonyl (C=O) groups is 1. The fourth-order valence-corrected chi connectivity index (χ4v) is 7.14. The van der Waals surface area contributed by atoms with E-state index in [0.29, 0.717) is 47.7 Å². The fourth-order valence-electron chi connectivity index (χ4n) is 6.85. The van der Waals surface area contributed by atoms with E-state index in [4.69, 9.17) is 28.1 Å². The maximum absolute atomic E-state index is 17.0. The number of anilines is 1. The quantitative estimate of drug-likeness (QED) is 0.171. The SMILES string of the molecule is [C-]#[N+]C[C@@H]1C[C@@H](n2cnc3c(N4CC(N(C)C)C4)nc4c(F)c(-c5cccc6ccncc56)c(Cl)cc4c32)CCN1C(=O)C=C. The lowest BCUT2D eigenvalue weighted by Crippen LogP contribution is -2.57. The molecule has 1 amide bonds. The number of hydrogen-bond acceptors (Lipinski definition) is 6. The number of amides is 1. The lowest BCUT2D eigenvalue weighted by Gasteiger charge is -2.43. The molecule has 11 heteroatoms. The molecule has 2 fully saturated rings. The molecule has 2 aliphatic rings. The zero-order valence-electron chi connectivity index (χ0n) is 25.1. The molecule has 2 aliphatic heterocycles. The Morgan fingerprint density at radius 1 is 1.24 bits per heavy atom. The number of likely N-dealkylation sites (N-methyl/N-ethyl adjacent to an activating group) is 1. The van der Waals surface area contributed by atoms with Crippen LogP contribution in [0.2, 0.25) is 5.02 Å². The van der Waals surface area contributed by atoms with Crippen molar-refractivity contribution in [2.75, 3.05) is 45.2 Å². The molecule has 9 nitrogen and oxygen atoms in total. The van der Waals surface area contributed by atoms with Gasteiger partial charge in [0.25, 0.3) is 0 Å². The van der Waals surface area contributed by atoms with E-state index >= 15 is 4.39 Å². The smallest absolute Gasteiger partial charge is 0.246 e. The highest BCUT2D eigenvalue weighted by atomic mass is 35.5. The normalized spacial score (nSPS) is 18.9. The first-order valence-electron chi connectivity index (χ1n) is 15.0. The van der Waals surface area contributed by atoms with Gasteiger partial charge in [-0.05, 0) is 56.1 Å². The summed E-state index contributed by atoms with van der Waals surface area (Å²) in [6.45, 7) is 13.3. The van der Waals surface area contributed by atoms with Gasteiger partial charge in [0.05, 0.1) is 16.9 Å². The molecule has 5 aromatic rings. The van der Waals surface area contributed by atoms with Crippen molar-refractivity contribution in [3.05, 3.63) is 84.0 Å². The number of benzene rings is 2. The molecule has 0 aliphatic carbocycles. The second-order valence-corrected chi connectivity index (χ2v) is 12.5. The molecule has 0 radical (unpaired) electrons. The number of halogens is 2. The average Bonchev–Trinajstić information content (AvgIpc) is 3.46. The summed E-state index contributed by atoms with van der Waals surface area (Å²) in [6.07, 6.45) is 7.76. The van der Waals surface area contributed by atoms with Gasteiger partial charge in [-0.3, -0.25) is 9.78 Å². The van der Waals surface area contributed by atoms with Crippen LogP contribution in [0.25, 0.3) is 48.7 Å². The second kappa shape index (κ2) is 11.4. The Bertz CT molecular complexity index is 2020. The van der Waals surface area contributed by atoms with Gasteiger partial charge in [0, 0.05) is 60.4 Å². The van der Waals surface area contributed by atoms with Crippen LogP contribution in [-0.4, -0.2) is 87.6 Å². The van der Waals surface area contributed by atoms with Crippen LogP contribution in [0, 0.1) is 12.4 Å². The number of piperidine rings is 1. The van der Waals surface area contributed by atoms with Crippen molar-refractivity contribution < 1.29 is 9.18 Å². The molecular weight excluding hydrogens is 591 g/mol. The van der Waals surface area contributed by atoms with Gasteiger partial charge in [0.1, 0.15) is 17.1 Å². The van der Waals surface area contributed by atoms with Gasteiger partial charge < -0.3 is 24.1 Å². The molecular formula is C34H32ClFN8O. The Kier molecular flexibility index (Phi) is 7.38. The van der Waals surface area contributed by atoms with Crippen LogP contribution in [-0.2, 0) is 4.79 Å². The van der Waals surface area contributed by atoms with Crippen molar-refractivity contribution in [2.24, 2.45) is 0 Å². The molecule has 2 atom stereocenters. The third-order valence-electron chi connectivity index (χ3n) is 9.36. The van der Waals surface area contributed by atoms with Gasteiger partial charge in [0.15, 0.2) is 11.6 Å². The first kappa shape index (κ1) is 29.1. The van der Waals surface area contributed by atoms with Crippen LogP contribution in [0.15, 0.2) is 61.7 Å². The van der Waals surface area contributed by atoms with Crippen LogP contribution < -0.4 is 4.90 Å². The monoisotopic (exact) mass is 622 g/mol. The molecule has 2 saturated heterocycles. The second-order valence-electron chi connectivity index (χ2n) is 12.1. The van der Waals surface area contributed by atoms with E-state index in [-0.39, 0.29) is 40.6 Å². The lowest BCUT2D eigenvalue weighted by molar-refractivity contribution is -0.129. The maximum Gasteiger partial charge on any atom is 0.246 e. The number of fused-ring (bicyclic) bond motifs is 4. The topological polar surface area (TPSA) is 74.8 Å². The molecule has 45 heavy (non-hydrogen) atoms. The van der Waals surface area contributed by atoms with Crippen molar-refractivity contribution in [1.82, 2.24) is 29.3 Å². The first-order chi connectivity index (χ1) is 21.8. The summed E-state index contributed by atoms with van der Waals surface area (Å²) in [6, 6.07) is 9.43. The fraction of sp³-hybridized carbons (Fsp3) is 0.324. The summed E-state index contributed by atoms with van der Waals surface area (Å²) in [4.78, 5) is 36.3. The lowest BCUT2D eigenvalue weighted by atomic mass is 9.95. The Labute approximate surface area is 265 Å². The van der Waals surface area contributed by atoms with Crippen molar-refractivity contribution in [2.45, 2.75) is 31.0 Å². The minimum atomic E-state index is -0.494. The number of aromatic nitrogens is 4. The zero-order chi connectivity index (χ0) is 31.4. The number of rotatable bonds is 6. The molecule has 7 rings (SSSR count). The molecule has 3 aromatic heterocycles. The predicted molar refractivity (Wildman–Crippen MR) is 176 cm³/mol. The van der Waals surface area contributed by atoms with Crippen molar-refractivity contribution in [3.8, 4) is 11.1 Å². The Balaban J connectivity index is 1.43. The van der Waals surface area contributed by atoms with E-state index in [9.17, 15) is 4.79 Å². The first-order valence-corrected chi connectivity index (χ1v) is 15.4. The third-order valence-corrected chi connectivity index (χ3v) is 9.66. The van der Waals surface area contributed by atoms with Crippen molar-refractivity contribution in [3.63, 3.8) is 0 Å². The average molecular weight is 623 g/mol. The van der Waals surface area contributed by atoms with Gasteiger partial charge in [-0.1, -0.05) is 36.4 Å². The molecule has 228 valence electrons. The van der Waals surface area contributed by atoms with Crippen LogP contribution >= 0.6 is 11.6 Å². The summed E-state index contributed by atoms with van der Waals surface area (Å²) >= 11 is 6.96. The number of nitrogens with zero attached hydrogens (tertiary/aromatic N) is 8. The number of imidazole rings is 1. The number of pyridine rings is 2. The van der Waals surface area contributed by atoms with E-state index in [1.54, 1.807) is 29.7 Å². The summed E-state index contributed by atoms with van der Waals surface area (Å²) in [7, 11) is 4.10. The van der Waals surface area contributed by atoms with Gasteiger partial charge in [0.2, 0.25) is 12.5 Å². The van der Waals surface area contributed by atoms with E-state index < -0.39 is 5.82 Å². The summed E-state index contributed by atoms with van der Waals surface area (Å²) < 4.78 is 19.0. The Morgan fingerprint density at radius 3 is 2.82 bits per heavy atom. The minimum Gasteiger partial charge on any atom is -0.351 e. The van der Waals surface area contributed by atoms with Crippen LogP contribution in [0.3, 0.4) is 0 Å². The largest absolute Gasteiger partial charge is 0.351 e. The van der Waals surface area contributed by atoms with E-state index in [1.807, 2.05) is 24.3 Å². The minimum absolute atomic E-state index is 0.0642. The molecule has 0 unspecified atom stereocenters. The predicted octanol–water partition coefficient (Wildman–Crippen LogP) is 5.98. The number of likely N-dealkylation sites (tertiary alicyclic amines) is 1. The summed E-state index contributed by atoms with van der Waals surface area (Å²) in [5.41, 5.74) is 2.60. The molecule has 2 aromatic carbocycles. The van der Waals surface area contributed by atoms with Crippen LogP contribution in [0.5, 0.6) is 0 Å². The van der Waals surface area contributed by atoms with E-state index in [2.05, 4.69) is 44.9 Å². The number of hydrogen-bond donors (Lipinski definition) is 0. The highest BCUT2D eigenvalue weighted by Crippen LogP contribution is 2.43. The highest BCUT2D eigenvalue weighted by Gasteiger charge is 2.36. The molecule has 0 saturated carbocycles. The van der Waals surface area contributed by atoms with E-state index in [0.717, 1.165) is 29.4 Å². The van der Waals surface area contributed by atoms with Gasteiger partial charge in [-0.2, -0.15) is 0 Å². The van der Waals surface area contributed by atoms with E-state index in [1.165, 1.54) is 6.08 Å². The van der Waals surface area contributed by atoms with Gasteiger partial charge in [-0.15, -0.1) is 0 Å². The Hall–Kier alpha value is -4.59. The molecule has 0 N–H and O–H groups in total. The van der Waals surface area contributed by atoms with Crippen molar-refractivity contribution in [1.29, 1.82) is 0 Å². The third kappa shape index (κ3) is 4.78. The molecule has 0 bridgehead atoms. The summed E-state index contributed by atoms with van der Waals surface area (Å²) in [5.74, 6) is -0.0300. The zero-order valence-corrected chi connectivity index (χ0v) is 25.9. The van der Waals surface area contributed by atoms with Crippen molar-refractivity contribution >= 4 is 56.0 Å². The van der Waals surface area contributed by atoms with Gasteiger partial charge in [-0.25, -0.2) is 20.9 Å². The van der Waals surface area contributed by atoms with Crippen LogP contribution in [0.4, 0.5) is 10.2 Å². The van der Waals surface area contributed by atoms with Gasteiger partial charge >= 0.3 is 0 Å². The number of carbonyl (C=O) groups excluding carboxylic acids is 1. The Morgan fingerprint density at radius 2 is 2.07 bits per heavy atom. The summed E-state index contributed by atoms with van der Waals surface area (Å²) in [5, 5.41) is 2.58. The highest BCUT2D eigenvalue weighted by molar-refractivity contribution is 6.35. The van der Waals surface area contributed by atoms with Crippen LogP contribution in [0.1, 0.15) is 18.9 Å². The maximum atomic E-state index is 17.0. The molecule has 0 spiro atoms.